The number of nitrogens with one attached hydrogen (secondary N) is 1. The van der Waals surface area contributed by atoms with Gasteiger partial charge in [-0.25, -0.2) is 8.78 Å². The summed E-state index contributed by atoms with van der Waals surface area (Å²) in [6, 6.07) is 5.28. The number of hydrogen-bond acceptors (Lipinski definition) is 2. The van der Waals surface area contributed by atoms with E-state index in [1.165, 1.54) is 12.1 Å². The van der Waals surface area contributed by atoms with Crippen LogP contribution in [0.2, 0.25) is 0 Å². The van der Waals surface area contributed by atoms with Crippen molar-refractivity contribution in [3.63, 3.8) is 0 Å². The highest BCUT2D eigenvalue weighted by Gasteiger charge is 2.25. The first-order chi connectivity index (χ1) is 8.86. The van der Waals surface area contributed by atoms with Gasteiger partial charge in [0.1, 0.15) is 11.6 Å². The first-order valence-corrected chi connectivity index (χ1v) is 5.96. The molecule has 0 unspecified atom stereocenters. The molecule has 0 spiro atoms. The Morgan fingerprint density at radius 2 is 2.11 bits per heavy atom. The van der Waals surface area contributed by atoms with Crippen LogP contribution in [0.5, 0.6) is 0 Å². The monoisotopic (exact) mass is 266 g/mol. The van der Waals surface area contributed by atoms with Crippen molar-refractivity contribution in [2.45, 2.75) is 32.1 Å². The van der Waals surface area contributed by atoms with E-state index in [0.717, 1.165) is 6.07 Å². The van der Waals surface area contributed by atoms with E-state index in [9.17, 15) is 13.6 Å². The second-order valence-corrected chi connectivity index (χ2v) is 4.94. The quantitative estimate of drug-likeness (QED) is 0.890. The molecule has 5 heteroatoms. The molecule has 0 aromatic heterocycles. The lowest BCUT2D eigenvalue weighted by Gasteiger charge is -2.26. The second kappa shape index (κ2) is 6.28. The van der Waals surface area contributed by atoms with Gasteiger partial charge >= 0.3 is 0 Å². The van der Waals surface area contributed by atoms with Gasteiger partial charge in [-0.2, -0.15) is 5.26 Å². The third kappa shape index (κ3) is 4.32. The van der Waals surface area contributed by atoms with Crippen molar-refractivity contribution < 1.29 is 13.6 Å². The zero-order chi connectivity index (χ0) is 14.5. The van der Waals surface area contributed by atoms with Crippen LogP contribution in [0.25, 0.3) is 0 Å². The van der Waals surface area contributed by atoms with Crippen molar-refractivity contribution in [1.82, 2.24) is 5.32 Å². The summed E-state index contributed by atoms with van der Waals surface area (Å²) >= 11 is 0. The van der Waals surface area contributed by atoms with E-state index in [2.05, 4.69) is 5.32 Å². The van der Waals surface area contributed by atoms with Crippen LogP contribution < -0.4 is 5.32 Å². The van der Waals surface area contributed by atoms with Gasteiger partial charge in [0.15, 0.2) is 0 Å². The molecule has 1 amide bonds. The molecule has 3 nitrogen and oxygen atoms in total. The van der Waals surface area contributed by atoms with E-state index in [1.807, 2.05) is 6.07 Å². The average Bonchev–Trinajstić information content (AvgIpc) is 2.33. The zero-order valence-electron chi connectivity index (χ0n) is 11.0. The van der Waals surface area contributed by atoms with Crippen molar-refractivity contribution in [2.75, 3.05) is 6.54 Å². The van der Waals surface area contributed by atoms with Crippen LogP contribution in [-0.2, 0) is 10.2 Å². The van der Waals surface area contributed by atoms with E-state index >= 15 is 0 Å². The van der Waals surface area contributed by atoms with Gasteiger partial charge in [0.05, 0.1) is 6.07 Å². The SMILES string of the molecule is CC(C)(CNC(=O)CCC#N)c1ccc(F)cc1F. The fourth-order valence-corrected chi connectivity index (χ4v) is 1.71. The van der Waals surface area contributed by atoms with Gasteiger partial charge in [-0.15, -0.1) is 0 Å². The van der Waals surface area contributed by atoms with Crippen LogP contribution in [0.3, 0.4) is 0 Å². The van der Waals surface area contributed by atoms with Crippen LogP contribution in [0.1, 0.15) is 32.3 Å². The minimum atomic E-state index is -0.653. The fraction of sp³-hybridized carbons (Fsp3) is 0.429. The van der Waals surface area contributed by atoms with E-state index in [0.29, 0.717) is 5.56 Å². The molecular weight excluding hydrogens is 250 g/mol. The standard InChI is InChI=1S/C14H16F2N2O/c1-14(2,9-18-13(19)4-3-7-17)11-6-5-10(15)8-12(11)16/h5-6,8H,3-4,9H2,1-2H3,(H,18,19). The van der Waals surface area contributed by atoms with Crippen molar-refractivity contribution in [3.8, 4) is 6.07 Å². The summed E-state index contributed by atoms with van der Waals surface area (Å²) < 4.78 is 26.5. The Morgan fingerprint density at radius 1 is 1.42 bits per heavy atom. The van der Waals surface area contributed by atoms with Crippen LogP contribution in [0, 0.1) is 23.0 Å². The van der Waals surface area contributed by atoms with E-state index in [1.54, 1.807) is 13.8 Å². The van der Waals surface area contributed by atoms with Gasteiger partial charge < -0.3 is 5.32 Å². The summed E-state index contributed by atoms with van der Waals surface area (Å²) in [5, 5.41) is 11.0. The Bertz CT molecular complexity index is 507. The molecular formula is C14H16F2N2O. The first kappa shape index (κ1) is 15.1. The minimum absolute atomic E-state index is 0.123. The first-order valence-electron chi connectivity index (χ1n) is 5.96. The zero-order valence-corrected chi connectivity index (χ0v) is 11.0. The molecule has 0 fully saturated rings. The molecule has 0 heterocycles. The fourth-order valence-electron chi connectivity index (χ4n) is 1.71. The number of carbonyl (C=O) groups excluding carboxylic acids is 1. The number of nitriles is 1. The van der Waals surface area contributed by atoms with Crippen LogP contribution in [-0.4, -0.2) is 12.5 Å². The molecule has 102 valence electrons. The summed E-state index contributed by atoms with van der Waals surface area (Å²) in [6.45, 7) is 3.74. The van der Waals surface area contributed by atoms with E-state index in [4.69, 9.17) is 5.26 Å². The second-order valence-electron chi connectivity index (χ2n) is 4.94. The molecule has 0 aliphatic carbocycles. The van der Waals surface area contributed by atoms with Crippen molar-refractivity contribution in [1.29, 1.82) is 5.26 Å². The molecule has 1 rings (SSSR count). The molecule has 0 radical (unpaired) electrons. The molecule has 0 aliphatic rings. The molecule has 1 aromatic carbocycles. The van der Waals surface area contributed by atoms with Crippen LogP contribution >= 0.6 is 0 Å². The Hall–Kier alpha value is -1.96. The van der Waals surface area contributed by atoms with E-state index in [-0.39, 0.29) is 25.3 Å². The third-order valence-corrected chi connectivity index (χ3v) is 2.85. The third-order valence-electron chi connectivity index (χ3n) is 2.85. The summed E-state index contributed by atoms with van der Waals surface area (Å²) in [6.07, 6.45) is 0.273. The lowest BCUT2D eigenvalue weighted by Crippen LogP contribution is -2.37. The number of hydrogen-bond donors (Lipinski definition) is 1. The Morgan fingerprint density at radius 3 is 2.68 bits per heavy atom. The number of rotatable bonds is 5. The molecule has 1 N–H and O–H groups in total. The normalized spacial score (nSPS) is 10.9. The predicted octanol–water partition coefficient (Wildman–Crippen LogP) is 2.66. The molecule has 0 atom stereocenters. The van der Waals surface area contributed by atoms with Gasteiger partial charge in [-0.05, 0) is 11.6 Å². The molecule has 19 heavy (non-hydrogen) atoms. The summed E-state index contributed by atoms with van der Waals surface area (Å²) in [5.74, 6) is -1.51. The lowest BCUT2D eigenvalue weighted by molar-refractivity contribution is -0.121. The Balaban J connectivity index is 2.70. The summed E-state index contributed by atoms with van der Waals surface area (Å²) in [5.41, 5.74) is -0.311. The van der Waals surface area contributed by atoms with E-state index < -0.39 is 17.0 Å². The maximum Gasteiger partial charge on any atom is 0.221 e. The minimum Gasteiger partial charge on any atom is -0.355 e. The maximum absolute atomic E-state index is 13.7. The molecule has 0 saturated carbocycles. The number of carbonyl (C=O) groups is 1. The highest BCUT2D eigenvalue weighted by Crippen LogP contribution is 2.25. The lowest BCUT2D eigenvalue weighted by atomic mass is 9.84. The van der Waals surface area contributed by atoms with Crippen LogP contribution in [0.15, 0.2) is 18.2 Å². The van der Waals surface area contributed by atoms with Gasteiger partial charge in [0.2, 0.25) is 5.91 Å². The molecule has 0 bridgehead atoms. The topological polar surface area (TPSA) is 52.9 Å². The van der Waals surface area contributed by atoms with Crippen molar-refractivity contribution in [2.24, 2.45) is 0 Å². The smallest absolute Gasteiger partial charge is 0.221 e. The molecule has 0 aliphatic heterocycles. The van der Waals surface area contributed by atoms with Gasteiger partial charge in [-0.3, -0.25) is 4.79 Å². The number of halogens is 2. The maximum atomic E-state index is 13.7. The van der Waals surface area contributed by atoms with Gasteiger partial charge in [0.25, 0.3) is 0 Å². The Kier molecular flexibility index (Phi) is 4.99. The average molecular weight is 266 g/mol. The number of nitrogens with zero attached hydrogens (tertiary/aromatic N) is 1. The van der Waals surface area contributed by atoms with Gasteiger partial charge in [0, 0.05) is 30.9 Å². The Labute approximate surface area is 111 Å². The summed E-state index contributed by atoms with van der Waals surface area (Å²) in [7, 11) is 0. The van der Waals surface area contributed by atoms with Crippen molar-refractivity contribution >= 4 is 5.91 Å². The van der Waals surface area contributed by atoms with Crippen LogP contribution in [0.4, 0.5) is 8.78 Å². The largest absolute Gasteiger partial charge is 0.355 e. The molecule has 1 aromatic rings. The summed E-state index contributed by atoms with van der Waals surface area (Å²) in [4.78, 5) is 11.4. The number of benzene rings is 1. The van der Waals surface area contributed by atoms with Gasteiger partial charge in [-0.1, -0.05) is 19.9 Å². The highest BCUT2D eigenvalue weighted by molar-refractivity contribution is 5.76. The predicted molar refractivity (Wildman–Crippen MR) is 67.2 cm³/mol. The highest BCUT2D eigenvalue weighted by atomic mass is 19.1. The molecule has 0 saturated heterocycles. The van der Waals surface area contributed by atoms with Crippen molar-refractivity contribution in [3.05, 3.63) is 35.4 Å². The number of amides is 1.